The van der Waals surface area contributed by atoms with Gasteiger partial charge in [0.1, 0.15) is 11.3 Å². The lowest BCUT2D eigenvalue weighted by Crippen LogP contribution is -2.43. The first-order valence-electron chi connectivity index (χ1n) is 8.05. The number of rotatable bonds is 3. The Hall–Kier alpha value is -1.89. The molecule has 0 spiro atoms. The number of hydrogen-bond acceptors (Lipinski definition) is 5. The predicted molar refractivity (Wildman–Crippen MR) is 85.6 cm³/mol. The Morgan fingerprint density at radius 3 is 3.00 bits per heavy atom. The van der Waals surface area contributed by atoms with E-state index in [2.05, 4.69) is 10.9 Å². The Morgan fingerprint density at radius 1 is 1.35 bits per heavy atom. The first kappa shape index (κ1) is 14.7. The van der Waals surface area contributed by atoms with Crippen LogP contribution >= 0.6 is 0 Å². The van der Waals surface area contributed by atoms with Crippen molar-refractivity contribution in [3.8, 4) is 0 Å². The number of carbonyl (C=O) groups excluding carboxylic acids is 1. The minimum absolute atomic E-state index is 0.128. The molecule has 4 rings (SSSR count). The Labute approximate surface area is 134 Å². The normalized spacial score (nSPS) is 27.6. The van der Waals surface area contributed by atoms with Gasteiger partial charge in [-0.05, 0) is 18.6 Å². The number of fused-ring (bicyclic) bond motifs is 1. The van der Waals surface area contributed by atoms with Gasteiger partial charge in [-0.2, -0.15) is 0 Å². The molecule has 2 aliphatic heterocycles. The summed E-state index contributed by atoms with van der Waals surface area (Å²) in [7, 11) is 1.87. The Morgan fingerprint density at radius 2 is 2.22 bits per heavy atom. The fraction of sp³-hybridized carbons (Fsp3) is 0.471. The monoisotopic (exact) mass is 315 g/mol. The molecule has 6 heteroatoms. The van der Waals surface area contributed by atoms with E-state index in [1.807, 2.05) is 42.3 Å². The van der Waals surface area contributed by atoms with Gasteiger partial charge in [0.2, 0.25) is 5.91 Å². The molecule has 2 N–H and O–H groups in total. The molecule has 1 amide bonds. The lowest BCUT2D eigenvalue weighted by atomic mass is 9.97. The van der Waals surface area contributed by atoms with Crippen LogP contribution in [0.2, 0.25) is 0 Å². The van der Waals surface area contributed by atoms with Gasteiger partial charge in [0, 0.05) is 25.6 Å². The third kappa shape index (κ3) is 2.63. The van der Waals surface area contributed by atoms with Crippen molar-refractivity contribution in [1.82, 2.24) is 15.8 Å². The average Bonchev–Trinajstić information content (AvgIpc) is 3.32. The van der Waals surface area contributed by atoms with Crippen molar-refractivity contribution < 1.29 is 13.9 Å². The number of hydrogen-bond donors (Lipinski definition) is 2. The summed E-state index contributed by atoms with van der Waals surface area (Å²) in [5.41, 5.74) is 7.14. The lowest BCUT2D eigenvalue weighted by molar-refractivity contribution is -0.136. The first-order valence-corrected chi connectivity index (χ1v) is 8.05. The molecule has 0 radical (unpaired) electrons. The van der Waals surface area contributed by atoms with E-state index < -0.39 is 0 Å². The van der Waals surface area contributed by atoms with Crippen LogP contribution in [-0.4, -0.2) is 43.7 Å². The van der Waals surface area contributed by atoms with Crippen molar-refractivity contribution in [2.24, 2.45) is 5.92 Å². The number of amides is 1. The quantitative estimate of drug-likeness (QED) is 0.897. The van der Waals surface area contributed by atoms with Crippen LogP contribution in [0.25, 0.3) is 11.0 Å². The molecule has 1 aromatic heterocycles. The smallest absolute Gasteiger partial charge is 0.229 e. The fourth-order valence-corrected chi connectivity index (χ4v) is 3.42. The molecular formula is C17H21N3O3. The summed E-state index contributed by atoms with van der Waals surface area (Å²) in [6.45, 7) is 1.96. The standard InChI is InChI=1S/C17H21N3O3/c1-20(12-6-7-22-10-12)17(21)13-9-18-19-16(13)15-8-11-4-2-3-5-14(11)23-15/h2-5,8,12-13,16,18-19H,6-7,9-10H2,1H3. The Bertz CT molecular complexity index is 675. The molecule has 2 aromatic rings. The van der Waals surface area contributed by atoms with E-state index in [0.29, 0.717) is 13.2 Å². The van der Waals surface area contributed by atoms with Crippen LogP contribution in [-0.2, 0) is 9.53 Å². The summed E-state index contributed by atoms with van der Waals surface area (Å²) < 4.78 is 11.3. The summed E-state index contributed by atoms with van der Waals surface area (Å²) in [6, 6.07) is 9.94. The topological polar surface area (TPSA) is 66.7 Å². The van der Waals surface area contributed by atoms with Crippen molar-refractivity contribution in [2.75, 3.05) is 26.8 Å². The van der Waals surface area contributed by atoms with Crippen molar-refractivity contribution in [3.63, 3.8) is 0 Å². The van der Waals surface area contributed by atoms with Crippen molar-refractivity contribution in [1.29, 1.82) is 0 Å². The highest BCUT2D eigenvalue weighted by Gasteiger charge is 2.39. The molecule has 0 bridgehead atoms. The number of likely N-dealkylation sites (N-methyl/N-ethyl adjacent to an activating group) is 1. The molecule has 0 saturated carbocycles. The number of ether oxygens (including phenoxy) is 1. The van der Waals surface area contributed by atoms with Gasteiger partial charge >= 0.3 is 0 Å². The second-order valence-electron chi connectivity index (χ2n) is 6.26. The van der Waals surface area contributed by atoms with Gasteiger partial charge < -0.3 is 14.1 Å². The minimum Gasteiger partial charge on any atom is -0.459 e. The zero-order valence-electron chi connectivity index (χ0n) is 13.1. The summed E-state index contributed by atoms with van der Waals surface area (Å²) in [5, 5.41) is 1.06. The van der Waals surface area contributed by atoms with Crippen LogP contribution in [0, 0.1) is 5.92 Å². The lowest BCUT2D eigenvalue weighted by Gasteiger charge is -2.27. The third-order valence-electron chi connectivity index (χ3n) is 4.85. The maximum absolute atomic E-state index is 12.9. The van der Waals surface area contributed by atoms with Crippen LogP contribution in [0.15, 0.2) is 34.7 Å². The maximum atomic E-state index is 12.9. The second-order valence-corrected chi connectivity index (χ2v) is 6.26. The summed E-state index contributed by atoms with van der Waals surface area (Å²) in [4.78, 5) is 14.7. The van der Waals surface area contributed by atoms with Gasteiger partial charge in [-0.25, -0.2) is 5.43 Å². The highest BCUT2D eigenvalue weighted by molar-refractivity contribution is 5.81. The molecule has 122 valence electrons. The van der Waals surface area contributed by atoms with Gasteiger partial charge in [0.25, 0.3) is 0 Å². The zero-order chi connectivity index (χ0) is 15.8. The number of nitrogens with zero attached hydrogens (tertiary/aromatic N) is 1. The van der Waals surface area contributed by atoms with Crippen LogP contribution in [0.3, 0.4) is 0 Å². The Kier molecular flexibility index (Phi) is 3.80. The number of carbonyl (C=O) groups is 1. The molecule has 2 aliphatic rings. The summed E-state index contributed by atoms with van der Waals surface area (Å²) >= 11 is 0. The van der Waals surface area contributed by atoms with Crippen LogP contribution in [0.4, 0.5) is 0 Å². The average molecular weight is 315 g/mol. The van der Waals surface area contributed by atoms with Crippen molar-refractivity contribution >= 4 is 16.9 Å². The number of hydrazine groups is 1. The molecule has 3 unspecified atom stereocenters. The van der Waals surface area contributed by atoms with E-state index in [9.17, 15) is 4.79 Å². The third-order valence-corrected chi connectivity index (χ3v) is 4.85. The largest absolute Gasteiger partial charge is 0.459 e. The molecular weight excluding hydrogens is 294 g/mol. The number of para-hydroxylation sites is 1. The number of benzene rings is 1. The highest BCUT2D eigenvalue weighted by Crippen LogP contribution is 2.31. The number of furan rings is 1. The second kappa shape index (κ2) is 5.96. The van der Waals surface area contributed by atoms with E-state index >= 15 is 0 Å². The molecule has 23 heavy (non-hydrogen) atoms. The Balaban J connectivity index is 1.57. The van der Waals surface area contributed by atoms with Crippen LogP contribution in [0.5, 0.6) is 0 Å². The van der Waals surface area contributed by atoms with Gasteiger partial charge in [0.05, 0.1) is 24.6 Å². The van der Waals surface area contributed by atoms with Gasteiger partial charge in [-0.15, -0.1) is 0 Å². The van der Waals surface area contributed by atoms with E-state index in [1.54, 1.807) is 0 Å². The van der Waals surface area contributed by atoms with E-state index in [0.717, 1.165) is 29.8 Å². The van der Waals surface area contributed by atoms with E-state index in [1.165, 1.54) is 0 Å². The molecule has 3 heterocycles. The van der Waals surface area contributed by atoms with Crippen LogP contribution < -0.4 is 10.9 Å². The van der Waals surface area contributed by atoms with E-state index in [-0.39, 0.29) is 23.9 Å². The molecule has 1 aromatic carbocycles. The molecule has 0 aliphatic carbocycles. The van der Waals surface area contributed by atoms with E-state index in [4.69, 9.17) is 9.15 Å². The van der Waals surface area contributed by atoms with Gasteiger partial charge in [0.15, 0.2) is 0 Å². The van der Waals surface area contributed by atoms with Gasteiger partial charge in [-0.3, -0.25) is 10.2 Å². The van der Waals surface area contributed by atoms with Crippen molar-refractivity contribution in [3.05, 3.63) is 36.1 Å². The zero-order valence-corrected chi connectivity index (χ0v) is 13.1. The molecule has 2 fully saturated rings. The SMILES string of the molecule is CN(C(=O)C1CNNC1c1cc2ccccc2o1)C1CCOC1. The fourth-order valence-electron chi connectivity index (χ4n) is 3.42. The summed E-state index contributed by atoms with van der Waals surface area (Å²) in [5.74, 6) is 0.746. The van der Waals surface area contributed by atoms with Crippen LogP contribution in [0.1, 0.15) is 18.2 Å². The minimum atomic E-state index is -0.179. The predicted octanol–water partition coefficient (Wildman–Crippen LogP) is 1.45. The van der Waals surface area contributed by atoms with Crippen molar-refractivity contribution in [2.45, 2.75) is 18.5 Å². The molecule has 2 saturated heterocycles. The highest BCUT2D eigenvalue weighted by atomic mass is 16.5. The summed E-state index contributed by atoms with van der Waals surface area (Å²) in [6.07, 6.45) is 0.908. The molecule has 6 nitrogen and oxygen atoms in total. The first-order chi connectivity index (χ1) is 11.2. The number of nitrogens with one attached hydrogen (secondary N) is 2. The maximum Gasteiger partial charge on any atom is 0.229 e. The molecule has 3 atom stereocenters. The van der Waals surface area contributed by atoms with Gasteiger partial charge in [-0.1, -0.05) is 18.2 Å².